The van der Waals surface area contributed by atoms with Crippen molar-refractivity contribution in [1.82, 2.24) is 9.47 Å². The van der Waals surface area contributed by atoms with E-state index in [-0.39, 0.29) is 28.4 Å². The highest BCUT2D eigenvalue weighted by molar-refractivity contribution is 7.80. The number of rotatable bonds is 7. The fourth-order valence-corrected chi connectivity index (χ4v) is 4.24. The monoisotopic (exact) mass is 567 g/mol. The molecule has 0 radical (unpaired) electrons. The molecule has 4 rings (SSSR count). The second-order valence-electron chi connectivity index (χ2n) is 8.93. The molecule has 208 valence electrons. The Morgan fingerprint density at radius 2 is 1.55 bits per heavy atom. The van der Waals surface area contributed by atoms with Crippen molar-refractivity contribution in [2.75, 3.05) is 39.8 Å². The van der Waals surface area contributed by atoms with E-state index in [1.54, 1.807) is 60.8 Å². The average molecular weight is 568 g/mol. The number of nitrogens with zero attached hydrogens (tertiary/aromatic N) is 3. The highest BCUT2D eigenvalue weighted by Gasteiger charge is 2.24. The average Bonchev–Trinajstić information content (AvgIpc) is 2.92. The molecule has 3 aromatic carbocycles. The van der Waals surface area contributed by atoms with E-state index in [4.69, 9.17) is 26.4 Å². The van der Waals surface area contributed by atoms with Gasteiger partial charge in [-0.15, -0.1) is 0 Å². The SMILES string of the molecule is CCN(C(=O)c1cn(-c2cc(OC)cc(OC)c2)c2cc(OC(=S)N(C)C)ccc2c1=O)c1cc(F)cc(F)c1. The molecule has 0 saturated heterocycles. The first kappa shape index (κ1) is 28.5. The van der Waals surface area contributed by atoms with Crippen molar-refractivity contribution in [2.24, 2.45) is 0 Å². The van der Waals surface area contributed by atoms with Crippen LogP contribution in [0.4, 0.5) is 14.5 Å². The molecule has 40 heavy (non-hydrogen) atoms. The van der Waals surface area contributed by atoms with Crippen molar-refractivity contribution in [3.05, 3.63) is 88.2 Å². The lowest BCUT2D eigenvalue weighted by molar-refractivity contribution is 0.0987. The Kier molecular flexibility index (Phi) is 8.34. The fraction of sp³-hybridized carbons (Fsp3) is 0.207. The number of halogens is 2. The number of hydrogen-bond donors (Lipinski definition) is 0. The lowest BCUT2D eigenvalue weighted by Crippen LogP contribution is -2.35. The molecule has 4 aromatic rings. The Morgan fingerprint density at radius 1 is 0.925 bits per heavy atom. The summed E-state index contributed by atoms with van der Waals surface area (Å²) in [7, 11) is 6.48. The summed E-state index contributed by atoms with van der Waals surface area (Å²) < 4.78 is 46.2. The summed E-state index contributed by atoms with van der Waals surface area (Å²) >= 11 is 5.26. The third kappa shape index (κ3) is 5.74. The molecule has 0 aliphatic heterocycles. The highest BCUT2D eigenvalue weighted by Crippen LogP contribution is 2.29. The molecule has 0 bridgehead atoms. The standard InChI is InChI=1S/C29H27F2N3O5S/c1-6-33(19-10-17(30)9-18(31)11-19)28(36)25-16-34(20-12-22(37-4)14-23(13-20)38-5)26-15-21(39-29(40)32(2)3)7-8-24(26)27(25)35/h7-16H,6H2,1-5H3. The molecule has 0 fully saturated rings. The van der Waals surface area contributed by atoms with Crippen LogP contribution in [0.1, 0.15) is 17.3 Å². The number of methoxy groups -OCH3 is 2. The van der Waals surface area contributed by atoms with Gasteiger partial charge >= 0.3 is 0 Å². The summed E-state index contributed by atoms with van der Waals surface area (Å²) in [4.78, 5) is 30.2. The summed E-state index contributed by atoms with van der Waals surface area (Å²) in [6, 6.07) is 12.6. The van der Waals surface area contributed by atoms with E-state index in [0.29, 0.717) is 34.5 Å². The summed E-state index contributed by atoms with van der Waals surface area (Å²) in [6.45, 7) is 1.70. The van der Waals surface area contributed by atoms with Gasteiger partial charge in [0.05, 0.1) is 25.4 Å². The summed E-state index contributed by atoms with van der Waals surface area (Å²) in [5.74, 6) is -1.09. The van der Waals surface area contributed by atoms with Gasteiger partial charge in [-0.2, -0.15) is 0 Å². The predicted octanol–water partition coefficient (Wildman–Crippen LogP) is 5.18. The van der Waals surface area contributed by atoms with Gasteiger partial charge in [0.15, 0.2) is 0 Å². The van der Waals surface area contributed by atoms with Crippen molar-refractivity contribution in [3.8, 4) is 22.9 Å². The number of pyridine rings is 1. The zero-order chi connectivity index (χ0) is 29.1. The van der Waals surface area contributed by atoms with E-state index in [0.717, 1.165) is 17.0 Å². The molecule has 0 spiro atoms. The lowest BCUT2D eigenvalue weighted by Gasteiger charge is -2.22. The van der Waals surface area contributed by atoms with Crippen molar-refractivity contribution >= 4 is 39.9 Å². The smallest absolute Gasteiger partial charge is 0.264 e. The van der Waals surface area contributed by atoms with Crippen molar-refractivity contribution < 1.29 is 27.8 Å². The molecular weight excluding hydrogens is 540 g/mol. The molecule has 0 aliphatic carbocycles. The first-order chi connectivity index (χ1) is 19.1. The second kappa shape index (κ2) is 11.7. The first-order valence-electron chi connectivity index (χ1n) is 12.2. The number of ether oxygens (including phenoxy) is 3. The van der Waals surface area contributed by atoms with Gasteiger partial charge < -0.3 is 28.6 Å². The zero-order valence-corrected chi connectivity index (χ0v) is 23.3. The van der Waals surface area contributed by atoms with Gasteiger partial charge in [-0.1, -0.05) is 0 Å². The molecule has 0 saturated carbocycles. The minimum Gasteiger partial charge on any atom is -0.497 e. The van der Waals surface area contributed by atoms with Crippen LogP contribution in [0.25, 0.3) is 16.6 Å². The van der Waals surface area contributed by atoms with Crippen molar-refractivity contribution in [2.45, 2.75) is 6.92 Å². The van der Waals surface area contributed by atoms with E-state index in [9.17, 15) is 18.4 Å². The van der Waals surface area contributed by atoms with E-state index < -0.39 is 23.0 Å². The van der Waals surface area contributed by atoms with Crippen molar-refractivity contribution in [1.29, 1.82) is 0 Å². The Balaban J connectivity index is 1.98. The van der Waals surface area contributed by atoms with Gasteiger partial charge in [0.25, 0.3) is 11.1 Å². The van der Waals surface area contributed by atoms with Crippen LogP contribution in [0, 0.1) is 11.6 Å². The van der Waals surface area contributed by atoms with Gasteiger partial charge in [0.2, 0.25) is 5.43 Å². The first-order valence-corrected chi connectivity index (χ1v) is 12.6. The lowest BCUT2D eigenvalue weighted by atomic mass is 10.1. The molecule has 0 N–H and O–H groups in total. The number of thiocarbonyl (C=S) groups is 1. The summed E-state index contributed by atoms with van der Waals surface area (Å²) in [5.41, 5.74) is 0.139. The Labute approximate surface area is 234 Å². The van der Waals surface area contributed by atoms with Crippen LogP contribution in [0.5, 0.6) is 17.2 Å². The molecular formula is C29H27F2N3O5S. The molecule has 1 amide bonds. The molecule has 8 nitrogen and oxygen atoms in total. The summed E-state index contributed by atoms with van der Waals surface area (Å²) in [6.07, 6.45) is 1.38. The number of carbonyl (C=O) groups excluding carboxylic acids is 1. The van der Waals surface area contributed by atoms with Crippen molar-refractivity contribution in [3.63, 3.8) is 0 Å². The van der Waals surface area contributed by atoms with Crippen LogP contribution in [-0.2, 0) is 0 Å². The Bertz CT molecular complexity index is 1630. The number of anilines is 1. The van der Waals surface area contributed by atoms with Crippen LogP contribution >= 0.6 is 12.2 Å². The van der Waals surface area contributed by atoms with E-state index in [2.05, 4.69) is 0 Å². The maximum absolute atomic E-state index is 14.0. The number of carbonyl (C=O) groups is 1. The van der Waals surface area contributed by atoms with E-state index in [1.165, 1.54) is 26.5 Å². The van der Waals surface area contributed by atoms with Crippen LogP contribution in [0.15, 0.2) is 65.6 Å². The zero-order valence-electron chi connectivity index (χ0n) is 22.5. The number of amides is 1. The van der Waals surface area contributed by atoms with Crippen LogP contribution in [-0.4, -0.2) is 55.4 Å². The highest BCUT2D eigenvalue weighted by atomic mass is 32.1. The number of fused-ring (bicyclic) bond motifs is 1. The number of benzene rings is 3. The largest absolute Gasteiger partial charge is 0.497 e. The normalized spacial score (nSPS) is 10.8. The molecule has 1 aromatic heterocycles. The molecule has 0 atom stereocenters. The Morgan fingerprint density at radius 3 is 2.10 bits per heavy atom. The van der Waals surface area contributed by atoms with Gasteiger partial charge in [-0.05, 0) is 43.4 Å². The molecule has 0 unspecified atom stereocenters. The van der Waals surface area contributed by atoms with Gasteiger partial charge in [0.1, 0.15) is 34.4 Å². The van der Waals surface area contributed by atoms with Crippen LogP contribution in [0.3, 0.4) is 0 Å². The Hall–Kier alpha value is -4.51. The number of aromatic nitrogens is 1. The molecule has 11 heteroatoms. The van der Waals surface area contributed by atoms with E-state index in [1.807, 2.05) is 0 Å². The summed E-state index contributed by atoms with van der Waals surface area (Å²) in [5, 5.41) is 0.418. The van der Waals surface area contributed by atoms with Gasteiger partial charge in [-0.3, -0.25) is 9.59 Å². The number of hydrogen-bond acceptors (Lipinski definition) is 6. The fourth-order valence-electron chi connectivity index (χ4n) is 4.14. The molecule has 0 aliphatic rings. The third-order valence-electron chi connectivity index (χ3n) is 6.11. The predicted molar refractivity (Wildman–Crippen MR) is 153 cm³/mol. The quantitative estimate of drug-likeness (QED) is 0.285. The van der Waals surface area contributed by atoms with E-state index >= 15 is 0 Å². The minimum absolute atomic E-state index is 0.0138. The topological polar surface area (TPSA) is 73.2 Å². The minimum atomic E-state index is -0.844. The van der Waals surface area contributed by atoms with Gasteiger partial charge in [-0.25, -0.2) is 8.78 Å². The third-order valence-corrected chi connectivity index (χ3v) is 6.56. The van der Waals surface area contributed by atoms with Crippen LogP contribution < -0.4 is 24.5 Å². The van der Waals surface area contributed by atoms with Crippen LogP contribution in [0.2, 0.25) is 0 Å². The molecule has 1 heterocycles. The maximum Gasteiger partial charge on any atom is 0.264 e. The van der Waals surface area contributed by atoms with Gasteiger partial charge in [0, 0.05) is 68.2 Å². The maximum atomic E-state index is 14.0. The second-order valence-corrected chi connectivity index (χ2v) is 9.28.